The fourth-order valence-corrected chi connectivity index (χ4v) is 4.90. The molecule has 9 heteroatoms. The second-order valence-electron chi connectivity index (χ2n) is 6.55. The topological polar surface area (TPSA) is 79.0 Å². The number of aryl methyl sites for hydroxylation is 1. The molecule has 2 fully saturated rings. The van der Waals surface area contributed by atoms with Crippen molar-refractivity contribution in [1.29, 1.82) is 0 Å². The minimum atomic E-state index is -3.62. The highest BCUT2D eigenvalue weighted by atomic mass is 35.5. The summed E-state index contributed by atoms with van der Waals surface area (Å²) < 4.78 is 32.6. The molecule has 26 heavy (non-hydrogen) atoms. The molecule has 0 spiro atoms. The number of hydrogen-bond acceptors (Lipinski definition) is 5. The highest BCUT2D eigenvalue weighted by Crippen LogP contribution is 2.23. The van der Waals surface area contributed by atoms with E-state index in [1.165, 1.54) is 10.4 Å². The van der Waals surface area contributed by atoms with Crippen molar-refractivity contribution < 1.29 is 17.9 Å². The average molecular weight is 404 g/mol. The minimum Gasteiger partial charge on any atom is -0.379 e. The van der Waals surface area contributed by atoms with Crippen LogP contribution in [-0.4, -0.2) is 75.5 Å². The molecular weight excluding hydrogens is 378 g/mol. The normalized spacial score (nSPS) is 21.9. The number of hydrogen-bond donors (Lipinski definition) is 1. The highest BCUT2D eigenvalue weighted by Gasteiger charge is 2.30. The predicted octanol–water partition coefficient (Wildman–Crippen LogP) is 0.872. The molecular formula is C17H26ClN3O4S. The summed E-state index contributed by atoms with van der Waals surface area (Å²) in [7, 11) is -3.62. The van der Waals surface area contributed by atoms with Gasteiger partial charge in [0.1, 0.15) is 0 Å². The predicted molar refractivity (Wildman–Crippen MR) is 101 cm³/mol. The molecule has 2 saturated heterocycles. The van der Waals surface area contributed by atoms with Crippen LogP contribution in [0.25, 0.3) is 0 Å². The van der Waals surface area contributed by atoms with E-state index in [4.69, 9.17) is 4.74 Å². The van der Waals surface area contributed by atoms with Gasteiger partial charge in [0.25, 0.3) is 5.91 Å². The van der Waals surface area contributed by atoms with Gasteiger partial charge in [0.15, 0.2) is 0 Å². The lowest BCUT2D eigenvalue weighted by molar-refractivity contribution is 0.0655. The van der Waals surface area contributed by atoms with Gasteiger partial charge in [-0.3, -0.25) is 4.79 Å². The van der Waals surface area contributed by atoms with Gasteiger partial charge < -0.3 is 15.0 Å². The lowest BCUT2D eigenvalue weighted by atomic mass is 10.1. The van der Waals surface area contributed by atoms with Crippen LogP contribution >= 0.6 is 12.4 Å². The number of carbonyl (C=O) groups excluding carboxylic acids is 1. The van der Waals surface area contributed by atoms with Crippen molar-refractivity contribution in [3.63, 3.8) is 0 Å². The van der Waals surface area contributed by atoms with Crippen LogP contribution in [0, 0.1) is 6.92 Å². The van der Waals surface area contributed by atoms with Gasteiger partial charge in [-0.2, -0.15) is 4.31 Å². The molecule has 2 aliphatic heterocycles. The lowest BCUT2D eigenvalue weighted by Gasteiger charge is -2.34. The molecule has 2 aliphatic rings. The average Bonchev–Trinajstić information content (AvgIpc) is 2.62. The SMILES string of the molecule is Cc1ccc(C(=O)N2CCNC[C@H]2C)cc1S(=O)(=O)N1CCOCC1.Cl. The van der Waals surface area contributed by atoms with E-state index >= 15 is 0 Å². The van der Waals surface area contributed by atoms with Crippen LogP contribution in [-0.2, 0) is 14.8 Å². The third kappa shape index (κ3) is 4.20. The summed E-state index contributed by atoms with van der Waals surface area (Å²) in [6, 6.07) is 5.04. The summed E-state index contributed by atoms with van der Waals surface area (Å²) in [5, 5.41) is 3.25. The molecule has 0 aliphatic carbocycles. The lowest BCUT2D eigenvalue weighted by Crippen LogP contribution is -2.52. The molecule has 3 rings (SSSR count). The Bertz CT molecular complexity index is 750. The van der Waals surface area contributed by atoms with Crippen LogP contribution in [0.15, 0.2) is 23.1 Å². The quantitative estimate of drug-likeness (QED) is 0.810. The van der Waals surface area contributed by atoms with Crippen molar-refractivity contribution in [2.45, 2.75) is 24.8 Å². The molecule has 1 atom stereocenters. The van der Waals surface area contributed by atoms with Crippen LogP contribution < -0.4 is 5.32 Å². The number of amides is 1. The maximum atomic E-state index is 13.0. The Kier molecular flexibility index (Phi) is 7.04. The Morgan fingerprint density at radius 3 is 2.58 bits per heavy atom. The van der Waals surface area contributed by atoms with Gasteiger partial charge >= 0.3 is 0 Å². The van der Waals surface area contributed by atoms with E-state index in [0.717, 1.165) is 13.1 Å². The number of sulfonamides is 1. The summed E-state index contributed by atoms with van der Waals surface area (Å²) in [6.45, 7) is 7.35. The fourth-order valence-electron chi connectivity index (χ4n) is 3.25. The molecule has 7 nitrogen and oxygen atoms in total. The second-order valence-corrected chi connectivity index (χ2v) is 8.45. The third-order valence-corrected chi connectivity index (χ3v) is 6.83. The fraction of sp³-hybridized carbons (Fsp3) is 0.588. The number of rotatable bonds is 3. The first kappa shape index (κ1) is 21.1. The number of halogens is 1. The Labute approximate surface area is 161 Å². The summed E-state index contributed by atoms with van der Waals surface area (Å²) >= 11 is 0. The maximum Gasteiger partial charge on any atom is 0.254 e. The molecule has 0 bridgehead atoms. The van der Waals surface area contributed by atoms with Crippen LogP contribution in [0.1, 0.15) is 22.8 Å². The number of nitrogens with zero attached hydrogens (tertiary/aromatic N) is 2. The summed E-state index contributed by atoms with van der Waals surface area (Å²) in [6.07, 6.45) is 0. The van der Waals surface area contributed by atoms with Crippen molar-refractivity contribution >= 4 is 28.3 Å². The molecule has 0 radical (unpaired) electrons. The van der Waals surface area contributed by atoms with Gasteiger partial charge in [-0.25, -0.2) is 8.42 Å². The Hall–Kier alpha value is -1.19. The molecule has 1 aromatic rings. The smallest absolute Gasteiger partial charge is 0.254 e. The molecule has 0 unspecified atom stereocenters. The molecule has 146 valence electrons. The number of carbonyl (C=O) groups is 1. The zero-order valence-corrected chi connectivity index (χ0v) is 16.7. The monoisotopic (exact) mass is 403 g/mol. The molecule has 0 saturated carbocycles. The Morgan fingerprint density at radius 2 is 1.92 bits per heavy atom. The van der Waals surface area contributed by atoms with Crippen molar-refractivity contribution in [3.05, 3.63) is 29.3 Å². The van der Waals surface area contributed by atoms with Crippen LogP contribution in [0.3, 0.4) is 0 Å². The van der Waals surface area contributed by atoms with Crippen LogP contribution in [0.4, 0.5) is 0 Å². The second kappa shape index (κ2) is 8.67. The third-order valence-electron chi connectivity index (χ3n) is 4.79. The van der Waals surface area contributed by atoms with E-state index in [1.54, 1.807) is 24.0 Å². The van der Waals surface area contributed by atoms with E-state index < -0.39 is 10.0 Å². The van der Waals surface area contributed by atoms with E-state index in [9.17, 15) is 13.2 Å². The molecule has 1 N–H and O–H groups in total. The Morgan fingerprint density at radius 1 is 1.23 bits per heavy atom. The van der Waals surface area contributed by atoms with Gasteiger partial charge in [0.2, 0.25) is 10.0 Å². The van der Waals surface area contributed by atoms with E-state index in [-0.39, 0.29) is 29.3 Å². The summed E-state index contributed by atoms with van der Waals surface area (Å²) in [5.74, 6) is -0.118. The molecule has 1 aromatic carbocycles. The number of piperazine rings is 1. The molecule has 2 heterocycles. The number of benzene rings is 1. The van der Waals surface area contributed by atoms with Crippen molar-refractivity contribution in [2.24, 2.45) is 0 Å². The van der Waals surface area contributed by atoms with Gasteiger partial charge in [0, 0.05) is 44.3 Å². The maximum absolute atomic E-state index is 13.0. The van der Waals surface area contributed by atoms with E-state index in [0.29, 0.717) is 44.0 Å². The summed E-state index contributed by atoms with van der Waals surface area (Å²) in [4.78, 5) is 14.9. The number of morpholine rings is 1. The number of ether oxygens (including phenoxy) is 1. The standard InChI is InChI=1S/C17H25N3O4S.ClH/c1-13-3-4-15(17(21)20-6-5-18-12-14(20)2)11-16(13)25(22,23)19-7-9-24-10-8-19;/h3-4,11,14,18H,5-10,12H2,1-2H3;1H/t14-;/m1./s1. The Balaban J connectivity index is 0.00000243. The van der Waals surface area contributed by atoms with E-state index in [1.807, 2.05) is 6.92 Å². The molecule has 0 aromatic heterocycles. The van der Waals surface area contributed by atoms with Gasteiger partial charge in [0.05, 0.1) is 18.1 Å². The van der Waals surface area contributed by atoms with Gasteiger partial charge in [-0.15, -0.1) is 12.4 Å². The minimum absolute atomic E-state index is 0. The number of nitrogens with one attached hydrogen (secondary N) is 1. The highest BCUT2D eigenvalue weighted by molar-refractivity contribution is 7.89. The first-order valence-electron chi connectivity index (χ1n) is 8.61. The summed E-state index contributed by atoms with van der Waals surface area (Å²) in [5.41, 5.74) is 1.07. The van der Waals surface area contributed by atoms with E-state index in [2.05, 4.69) is 5.32 Å². The van der Waals surface area contributed by atoms with Crippen molar-refractivity contribution in [3.8, 4) is 0 Å². The first-order chi connectivity index (χ1) is 11.9. The largest absolute Gasteiger partial charge is 0.379 e. The van der Waals surface area contributed by atoms with Gasteiger partial charge in [-0.05, 0) is 31.5 Å². The van der Waals surface area contributed by atoms with Crippen LogP contribution in [0.5, 0.6) is 0 Å². The van der Waals surface area contributed by atoms with Crippen molar-refractivity contribution in [1.82, 2.24) is 14.5 Å². The van der Waals surface area contributed by atoms with Crippen LogP contribution in [0.2, 0.25) is 0 Å². The van der Waals surface area contributed by atoms with Crippen molar-refractivity contribution in [2.75, 3.05) is 45.9 Å². The molecule has 1 amide bonds. The van der Waals surface area contributed by atoms with Gasteiger partial charge in [-0.1, -0.05) is 6.07 Å². The first-order valence-corrected chi connectivity index (χ1v) is 10.1. The zero-order valence-electron chi connectivity index (χ0n) is 15.1. The zero-order chi connectivity index (χ0) is 18.0.